The van der Waals surface area contributed by atoms with Gasteiger partial charge >= 0.3 is 12.1 Å². The quantitative estimate of drug-likeness (QED) is 0.806. The van der Waals surface area contributed by atoms with Crippen molar-refractivity contribution in [1.82, 2.24) is 5.32 Å². The van der Waals surface area contributed by atoms with E-state index >= 15 is 0 Å². The highest BCUT2D eigenvalue weighted by molar-refractivity contribution is 5.82. The van der Waals surface area contributed by atoms with Crippen molar-refractivity contribution in [3.8, 4) is 0 Å². The Morgan fingerprint density at radius 3 is 2.35 bits per heavy atom. The Bertz CT molecular complexity index is 387. The number of amides is 1. The molecule has 5 nitrogen and oxygen atoms in total. The number of esters is 1. The zero-order chi connectivity index (χ0) is 15.0. The molecule has 0 radical (unpaired) electrons. The van der Waals surface area contributed by atoms with Gasteiger partial charge in [0.15, 0.2) is 0 Å². The molecule has 2 aliphatic carbocycles. The number of carbonyl (C=O) groups excluding carboxylic acids is 2. The molecule has 20 heavy (non-hydrogen) atoms. The van der Waals surface area contributed by atoms with E-state index in [1.807, 2.05) is 0 Å². The second-order valence-electron chi connectivity index (χ2n) is 7.04. The van der Waals surface area contributed by atoms with E-state index in [0.29, 0.717) is 12.0 Å². The predicted octanol–water partition coefficient (Wildman–Crippen LogP) is 2.63. The summed E-state index contributed by atoms with van der Waals surface area (Å²) in [5.41, 5.74) is -0.0916. The molecule has 1 N–H and O–H groups in total. The third-order valence-electron chi connectivity index (χ3n) is 4.03. The number of carbonyl (C=O) groups is 2. The van der Waals surface area contributed by atoms with E-state index in [0.717, 1.165) is 12.8 Å². The number of alkyl carbamates (subject to hydrolysis) is 1. The average Bonchev–Trinajstić information content (AvgIpc) is 3.01. The van der Waals surface area contributed by atoms with Crippen LogP contribution >= 0.6 is 0 Å². The van der Waals surface area contributed by atoms with Gasteiger partial charge in [0.1, 0.15) is 11.6 Å². The summed E-state index contributed by atoms with van der Waals surface area (Å²) >= 11 is 0. The molecular formula is C15H25NO4. The molecule has 2 fully saturated rings. The molecule has 0 aromatic heterocycles. The highest BCUT2D eigenvalue weighted by Gasteiger charge is 2.56. The van der Waals surface area contributed by atoms with Gasteiger partial charge in [-0.15, -0.1) is 0 Å². The first kappa shape index (κ1) is 15.1. The Labute approximate surface area is 120 Å². The fraction of sp³-hybridized carbons (Fsp3) is 0.867. The molecule has 0 aromatic rings. The third-order valence-corrected chi connectivity index (χ3v) is 4.03. The maximum absolute atomic E-state index is 12.0. The first-order valence-corrected chi connectivity index (χ1v) is 7.41. The average molecular weight is 283 g/mol. The van der Waals surface area contributed by atoms with Crippen LogP contribution in [0.25, 0.3) is 0 Å². The van der Waals surface area contributed by atoms with Crippen LogP contribution in [0.5, 0.6) is 0 Å². The van der Waals surface area contributed by atoms with Crippen molar-refractivity contribution >= 4 is 12.1 Å². The first-order chi connectivity index (χ1) is 9.25. The first-order valence-electron chi connectivity index (χ1n) is 7.41. The molecule has 1 amide bonds. The number of rotatable bonds is 4. The number of hydrogen-bond donors (Lipinski definition) is 1. The minimum atomic E-state index is -0.573. The van der Waals surface area contributed by atoms with Gasteiger partial charge in [-0.25, -0.2) is 9.59 Å². The van der Waals surface area contributed by atoms with Crippen LogP contribution in [0.1, 0.15) is 53.4 Å². The Balaban J connectivity index is 1.92. The summed E-state index contributed by atoms with van der Waals surface area (Å²) in [4.78, 5) is 23.9. The number of nitrogens with one attached hydrogen (secondary N) is 1. The fourth-order valence-electron chi connectivity index (χ4n) is 2.91. The van der Waals surface area contributed by atoms with Gasteiger partial charge in [-0.1, -0.05) is 0 Å². The molecule has 2 rings (SSSR count). The van der Waals surface area contributed by atoms with E-state index < -0.39 is 17.7 Å². The topological polar surface area (TPSA) is 64.6 Å². The Morgan fingerprint density at radius 2 is 1.90 bits per heavy atom. The van der Waals surface area contributed by atoms with Crippen molar-refractivity contribution in [2.75, 3.05) is 6.61 Å². The molecule has 1 spiro atoms. The highest BCUT2D eigenvalue weighted by atomic mass is 16.6. The van der Waals surface area contributed by atoms with E-state index in [-0.39, 0.29) is 11.9 Å². The van der Waals surface area contributed by atoms with Crippen molar-refractivity contribution in [3.05, 3.63) is 0 Å². The molecule has 0 saturated heterocycles. The van der Waals surface area contributed by atoms with Crippen molar-refractivity contribution in [2.45, 2.75) is 65.0 Å². The fourth-order valence-corrected chi connectivity index (χ4v) is 2.91. The van der Waals surface area contributed by atoms with Crippen LogP contribution in [0.3, 0.4) is 0 Å². The second-order valence-corrected chi connectivity index (χ2v) is 7.04. The summed E-state index contributed by atoms with van der Waals surface area (Å²) < 4.78 is 10.3. The van der Waals surface area contributed by atoms with E-state index in [9.17, 15) is 9.59 Å². The largest absolute Gasteiger partial charge is 0.464 e. The van der Waals surface area contributed by atoms with Crippen LogP contribution < -0.4 is 5.32 Å². The Kier molecular flexibility index (Phi) is 3.98. The minimum Gasteiger partial charge on any atom is -0.464 e. The Hall–Kier alpha value is -1.26. The SMILES string of the molecule is CCOC(=O)[C@@H](NC(=O)OC(C)(C)C)C1CC2(CC2)C1. The van der Waals surface area contributed by atoms with E-state index in [2.05, 4.69) is 5.32 Å². The van der Waals surface area contributed by atoms with Gasteiger partial charge in [0.2, 0.25) is 0 Å². The van der Waals surface area contributed by atoms with Gasteiger partial charge in [-0.3, -0.25) is 0 Å². The van der Waals surface area contributed by atoms with Gasteiger partial charge in [0, 0.05) is 0 Å². The van der Waals surface area contributed by atoms with Crippen molar-refractivity contribution in [3.63, 3.8) is 0 Å². The van der Waals surface area contributed by atoms with Crippen LogP contribution in [0.15, 0.2) is 0 Å². The smallest absolute Gasteiger partial charge is 0.408 e. The predicted molar refractivity (Wildman–Crippen MR) is 74.2 cm³/mol. The maximum atomic E-state index is 12.0. The molecule has 5 heteroatoms. The van der Waals surface area contributed by atoms with Crippen LogP contribution in [-0.4, -0.2) is 30.3 Å². The Morgan fingerprint density at radius 1 is 1.30 bits per heavy atom. The molecule has 2 aliphatic rings. The van der Waals surface area contributed by atoms with Gasteiger partial charge < -0.3 is 14.8 Å². The molecule has 0 aliphatic heterocycles. The molecule has 0 bridgehead atoms. The van der Waals surface area contributed by atoms with Crippen LogP contribution in [0.2, 0.25) is 0 Å². The summed E-state index contributed by atoms with van der Waals surface area (Å²) in [5.74, 6) is -0.164. The normalized spacial score (nSPS) is 21.8. The van der Waals surface area contributed by atoms with E-state index in [4.69, 9.17) is 9.47 Å². The molecule has 114 valence electrons. The third kappa shape index (κ3) is 3.64. The summed E-state index contributed by atoms with van der Waals surface area (Å²) in [6.45, 7) is 7.49. The van der Waals surface area contributed by atoms with Crippen LogP contribution in [-0.2, 0) is 14.3 Å². The summed E-state index contributed by atoms with van der Waals surface area (Å²) in [5, 5.41) is 2.69. The molecule has 0 heterocycles. The van der Waals surface area contributed by atoms with E-state index in [1.165, 1.54) is 12.8 Å². The lowest BCUT2D eigenvalue weighted by Crippen LogP contribution is -2.52. The zero-order valence-electron chi connectivity index (χ0n) is 12.8. The highest BCUT2D eigenvalue weighted by Crippen LogP contribution is 2.64. The standard InChI is InChI=1S/C15H25NO4/c1-5-19-12(17)11(10-8-15(9-10)6-7-15)16-13(18)20-14(2,3)4/h10-11H,5-9H2,1-4H3,(H,16,18)/t11-/m0/s1. The molecule has 2 saturated carbocycles. The summed E-state index contributed by atoms with van der Waals surface area (Å²) in [7, 11) is 0. The van der Waals surface area contributed by atoms with Gasteiger partial charge in [-0.2, -0.15) is 0 Å². The molecule has 0 unspecified atom stereocenters. The van der Waals surface area contributed by atoms with Crippen molar-refractivity contribution in [1.29, 1.82) is 0 Å². The lowest BCUT2D eigenvalue weighted by molar-refractivity contribution is -0.149. The van der Waals surface area contributed by atoms with E-state index in [1.54, 1.807) is 27.7 Å². The monoisotopic (exact) mass is 283 g/mol. The lowest BCUT2D eigenvalue weighted by atomic mass is 9.68. The lowest BCUT2D eigenvalue weighted by Gasteiger charge is -2.40. The van der Waals surface area contributed by atoms with Crippen molar-refractivity contribution in [2.24, 2.45) is 11.3 Å². The number of ether oxygens (including phenoxy) is 2. The molecule has 1 atom stereocenters. The summed E-state index contributed by atoms with van der Waals surface area (Å²) in [6.07, 6.45) is 3.97. The number of hydrogen-bond acceptors (Lipinski definition) is 4. The maximum Gasteiger partial charge on any atom is 0.408 e. The summed E-state index contributed by atoms with van der Waals surface area (Å²) in [6, 6.07) is -0.573. The van der Waals surface area contributed by atoms with Gasteiger partial charge in [0.25, 0.3) is 0 Å². The molecular weight excluding hydrogens is 258 g/mol. The molecule has 0 aromatic carbocycles. The second kappa shape index (κ2) is 5.26. The van der Waals surface area contributed by atoms with Gasteiger partial charge in [-0.05, 0) is 64.7 Å². The van der Waals surface area contributed by atoms with Crippen molar-refractivity contribution < 1.29 is 19.1 Å². The zero-order valence-corrected chi connectivity index (χ0v) is 12.8. The van der Waals surface area contributed by atoms with Crippen LogP contribution in [0, 0.1) is 11.3 Å². The minimum absolute atomic E-state index is 0.184. The van der Waals surface area contributed by atoms with Crippen LogP contribution in [0.4, 0.5) is 4.79 Å². The van der Waals surface area contributed by atoms with Gasteiger partial charge in [0.05, 0.1) is 6.61 Å².